The molecule has 0 aliphatic carbocycles. The van der Waals surface area contributed by atoms with Crippen LogP contribution in [0, 0.1) is 13.8 Å². The van der Waals surface area contributed by atoms with Crippen molar-refractivity contribution in [2.75, 3.05) is 14.2 Å². The van der Waals surface area contributed by atoms with Crippen molar-refractivity contribution >= 4 is 5.71 Å². The molecule has 1 aliphatic rings. The molecule has 34 heavy (non-hydrogen) atoms. The maximum Gasteiger partial charge on any atom is 0.119 e. The van der Waals surface area contributed by atoms with Crippen molar-refractivity contribution in [2.24, 2.45) is 4.99 Å². The highest BCUT2D eigenvalue weighted by molar-refractivity contribution is 6.14. The SMILES string of the molecule is COc1ccc(C2=NC(c3cccc(C)c3)C(c3cccc(C)c3)c3cc(OC)ccc32)cc1. The molecule has 0 fully saturated rings. The average molecular weight is 448 g/mol. The molecule has 3 nitrogen and oxygen atoms in total. The number of aliphatic imine (C=N–C) groups is 1. The minimum absolute atomic E-state index is 0.0570. The van der Waals surface area contributed by atoms with Crippen LogP contribution in [-0.2, 0) is 0 Å². The lowest BCUT2D eigenvalue weighted by atomic mass is 9.76. The first-order chi connectivity index (χ1) is 16.6. The largest absolute Gasteiger partial charge is 0.497 e. The monoisotopic (exact) mass is 447 g/mol. The number of benzene rings is 4. The molecule has 2 unspecified atom stereocenters. The van der Waals surface area contributed by atoms with Crippen molar-refractivity contribution in [1.82, 2.24) is 0 Å². The summed E-state index contributed by atoms with van der Waals surface area (Å²) in [6, 6.07) is 32.0. The predicted molar refractivity (Wildman–Crippen MR) is 139 cm³/mol. The molecule has 170 valence electrons. The summed E-state index contributed by atoms with van der Waals surface area (Å²) in [6.07, 6.45) is 0. The summed E-state index contributed by atoms with van der Waals surface area (Å²) in [4.78, 5) is 5.44. The van der Waals surface area contributed by atoms with E-state index in [-0.39, 0.29) is 12.0 Å². The minimum atomic E-state index is -0.0570. The highest BCUT2D eigenvalue weighted by Crippen LogP contribution is 2.46. The third-order valence-electron chi connectivity index (χ3n) is 6.58. The van der Waals surface area contributed by atoms with Crippen LogP contribution in [0.2, 0.25) is 0 Å². The highest BCUT2D eigenvalue weighted by Gasteiger charge is 2.34. The number of rotatable bonds is 5. The van der Waals surface area contributed by atoms with Gasteiger partial charge in [0.2, 0.25) is 0 Å². The van der Waals surface area contributed by atoms with E-state index in [2.05, 4.69) is 86.6 Å². The molecule has 0 amide bonds. The molecule has 0 radical (unpaired) electrons. The van der Waals surface area contributed by atoms with Crippen LogP contribution in [0.4, 0.5) is 0 Å². The summed E-state index contributed by atoms with van der Waals surface area (Å²) in [7, 11) is 3.41. The van der Waals surface area contributed by atoms with Gasteiger partial charge in [-0.15, -0.1) is 0 Å². The summed E-state index contributed by atoms with van der Waals surface area (Å²) < 4.78 is 11.1. The zero-order valence-corrected chi connectivity index (χ0v) is 20.1. The number of methoxy groups -OCH3 is 2. The quantitative estimate of drug-likeness (QED) is 0.328. The van der Waals surface area contributed by atoms with Crippen LogP contribution in [-0.4, -0.2) is 19.9 Å². The van der Waals surface area contributed by atoms with Gasteiger partial charge in [0.15, 0.2) is 0 Å². The average Bonchev–Trinajstić information content (AvgIpc) is 2.87. The second-order valence-electron chi connectivity index (χ2n) is 8.91. The van der Waals surface area contributed by atoms with Crippen molar-refractivity contribution in [1.29, 1.82) is 0 Å². The fraction of sp³-hybridized carbons (Fsp3) is 0.194. The van der Waals surface area contributed by atoms with Crippen LogP contribution in [0.3, 0.4) is 0 Å². The molecule has 4 aromatic carbocycles. The molecule has 2 atom stereocenters. The maximum absolute atomic E-state index is 5.66. The Labute approximate surface area is 201 Å². The van der Waals surface area contributed by atoms with E-state index in [4.69, 9.17) is 14.5 Å². The van der Waals surface area contributed by atoms with Crippen molar-refractivity contribution in [2.45, 2.75) is 25.8 Å². The van der Waals surface area contributed by atoms with Gasteiger partial charge >= 0.3 is 0 Å². The van der Waals surface area contributed by atoms with Crippen molar-refractivity contribution in [3.8, 4) is 11.5 Å². The number of ether oxygens (including phenoxy) is 2. The summed E-state index contributed by atoms with van der Waals surface area (Å²) in [6.45, 7) is 4.28. The van der Waals surface area contributed by atoms with Gasteiger partial charge in [-0.2, -0.15) is 0 Å². The number of hydrogen-bond donors (Lipinski definition) is 0. The molecular weight excluding hydrogens is 418 g/mol. The molecule has 1 aliphatic heterocycles. The first-order valence-corrected chi connectivity index (χ1v) is 11.6. The van der Waals surface area contributed by atoms with Gasteiger partial charge < -0.3 is 9.47 Å². The predicted octanol–water partition coefficient (Wildman–Crippen LogP) is 7.04. The van der Waals surface area contributed by atoms with Crippen LogP contribution in [0.1, 0.15) is 50.9 Å². The van der Waals surface area contributed by atoms with Crippen molar-refractivity contribution < 1.29 is 9.47 Å². The Morgan fingerprint density at radius 3 is 1.91 bits per heavy atom. The summed E-state index contributed by atoms with van der Waals surface area (Å²) >= 11 is 0. The van der Waals surface area contributed by atoms with Gasteiger partial charge in [0.25, 0.3) is 0 Å². The summed E-state index contributed by atoms with van der Waals surface area (Å²) in [5.74, 6) is 1.77. The third kappa shape index (κ3) is 4.10. The van der Waals surface area contributed by atoms with E-state index < -0.39 is 0 Å². The molecule has 5 rings (SSSR count). The van der Waals surface area contributed by atoms with Crippen LogP contribution in [0.15, 0.2) is 96.0 Å². The lowest BCUT2D eigenvalue weighted by molar-refractivity contribution is 0.413. The Bertz CT molecular complexity index is 1350. The normalized spacial score (nSPS) is 17.0. The minimum Gasteiger partial charge on any atom is -0.497 e. The van der Waals surface area contributed by atoms with E-state index in [1.807, 2.05) is 18.2 Å². The Kier molecular flexibility index (Phi) is 5.93. The van der Waals surface area contributed by atoms with Gasteiger partial charge in [-0.05, 0) is 73.0 Å². The number of fused-ring (bicyclic) bond motifs is 1. The number of aryl methyl sites for hydroxylation is 2. The fourth-order valence-electron chi connectivity index (χ4n) is 4.92. The van der Waals surface area contributed by atoms with Crippen LogP contribution in [0.25, 0.3) is 0 Å². The third-order valence-corrected chi connectivity index (χ3v) is 6.58. The van der Waals surface area contributed by atoms with Gasteiger partial charge in [-0.3, -0.25) is 4.99 Å². The molecule has 3 heteroatoms. The zero-order valence-electron chi connectivity index (χ0n) is 20.1. The molecule has 0 saturated carbocycles. The second-order valence-corrected chi connectivity index (χ2v) is 8.91. The van der Waals surface area contributed by atoms with E-state index in [0.29, 0.717) is 0 Å². The summed E-state index contributed by atoms with van der Waals surface area (Å²) in [5.41, 5.74) is 9.40. The smallest absolute Gasteiger partial charge is 0.119 e. The second kappa shape index (κ2) is 9.18. The Morgan fingerprint density at radius 1 is 0.647 bits per heavy atom. The topological polar surface area (TPSA) is 30.8 Å². The van der Waals surface area contributed by atoms with Gasteiger partial charge in [0.1, 0.15) is 11.5 Å². The van der Waals surface area contributed by atoms with E-state index in [9.17, 15) is 0 Å². The van der Waals surface area contributed by atoms with E-state index in [0.717, 1.165) is 28.3 Å². The Balaban J connectivity index is 1.77. The van der Waals surface area contributed by atoms with Crippen LogP contribution in [0.5, 0.6) is 11.5 Å². The first kappa shape index (κ1) is 22.0. The van der Waals surface area contributed by atoms with Gasteiger partial charge in [0.05, 0.1) is 26.0 Å². The lowest BCUT2D eigenvalue weighted by Crippen LogP contribution is -2.23. The number of hydrogen-bond acceptors (Lipinski definition) is 3. The van der Waals surface area contributed by atoms with E-state index >= 15 is 0 Å². The standard InChI is InChI=1S/C31H29NO2/c1-20-7-5-9-23(17-20)29-28-19-26(34-4)15-16-27(28)30(22-11-13-25(33-3)14-12-22)32-31(29)24-10-6-8-21(2)18-24/h5-19,29,31H,1-4H3. The highest BCUT2D eigenvalue weighted by atomic mass is 16.5. The van der Waals surface area contributed by atoms with Gasteiger partial charge in [0, 0.05) is 17.0 Å². The lowest BCUT2D eigenvalue weighted by Gasteiger charge is -2.33. The molecule has 1 heterocycles. The van der Waals surface area contributed by atoms with E-state index in [1.54, 1.807) is 14.2 Å². The molecular formula is C31H29NO2. The number of nitrogens with zero attached hydrogens (tertiary/aromatic N) is 1. The molecule has 0 spiro atoms. The Hall–Kier alpha value is -3.85. The molecule has 0 bridgehead atoms. The van der Waals surface area contributed by atoms with Crippen LogP contribution < -0.4 is 9.47 Å². The molecule has 0 saturated heterocycles. The fourth-order valence-corrected chi connectivity index (χ4v) is 4.92. The first-order valence-electron chi connectivity index (χ1n) is 11.6. The maximum atomic E-state index is 5.66. The van der Waals surface area contributed by atoms with E-state index in [1.165, 1.54) is 27.8 Å². The van der Waals surface area contributed by atoms with Crippen LogP contribution >= 0.6 is 0 Å². The van der Waals surface area contributed by atoms with Crippen molar-refractivity contribution in [3.05, 3.63) is 130 Å². The molecule has 4 aromatic rings. The zero-order chi connectivity index (χ0) is 23.7. The summed E-state index contributed by atoms with van der Waals surface area (Å²) in [5, 5.41) is 0. The molecule has 0 N–H and O–H groups in total. The van der Waals surface area contributed by atoms with Gasteiger partial charge in [-0.1, -0.05) is 59.7 Å². The van der Waals surface area contributed by atoms with Crippen molar-refractivity contribution in [3.63, 3.8) is 0 Å². The molecule has 0 aromatic heterocycles. The van der Waals surface area contributed by atoms with Gasteiger partial charge in [-0.25, -0.2) is 0 Å². The Morgan fingerprint density at radius 2 is 1.26 bits per heavy atom.